The van der Waals surface area contributed by atoms with E-state index in [1.165, 1.54) is 47.7 Å². The first-order chi connectivity index (χ1) is 10.4. The molecule has 1 aromatic heterocycles. The van der Waals surface area contributed by atoms with Crippen LogP contribution in [0.1, 0.15) is 28.9 Å². The Labute approximate surface area is 137 Å². The van der Waals surface area contributed by atoms with Gasteiger partial charge in [-0.15, -0.1) is 0 Å². The minimum Gasteiger partial charge on any atom is -0.318 e. The van der Waals surface area contributed by atoms with E-state index in [2.05, 4.69) is 61.6 Å². The molecule has 0 bridgehead atoms. The third-order valence-electron chi connectivity index (χ3n) is 5.71. The molecule has 3 heteroatoms. The van der Waals surface area contributed by atoms with Gasteiger partial charge in [-0.3, -0.25) is 0 Å². The van der Waals surface area contributed by atoms with Crippen LogP contribution in [0.2, 0.25) is 5.02 Å². The van der Waals surface area contributed by atoms with E-state index in [1.54, 1.807) is 0 Å². The SMILES string of the molecule is Cc1c(Cl)cc(-n2c(C)ccc2C)cc1C12CC1CN(C)C2. The highest BCUT2D eigenvalue weighted by Gasteiger charge is 2.60. The summed E-state index contributed by atoms with van der Waals surface area (Å²) in [6, 6.07) is 8.85. The van der Waals surface area contributed by atoms with E-state index in [4.69, 9.17) is 11.6 Å². The number of likely N-dealkylation sites (tertiary alicyclic amines) is 1. The van der Waals surface area contributed by atoms with Crippen molar-refractivity contribution in [3.8, 4) is 5.69 Å². The number of likely N-dealkylation sites (N-methyl/N-ethyl adjacent to an activating group) is 1. The molecule has 2 atom stereocenters. The van der Waals surface area contributed by atoms with Crippen molar-refractivity contribution < 1.29 is 0 Å². The molecule has 1 saturated heterocycles. The molecule has 2 aliphatic rings. The van der Waals surface area contributed by atoms with Crippen LogP contribution in [0.3, 0.4) is 0 Å². The molecule has 22 heavy (non-hydrogen) atoms. The predicted octanol–water partition coefficient (Wildman–Crippen LogP) is 4.26. The van der Waals surface area contributed by atoms with Gasteiger partial charge in [0.15, 0.2) is 0 Å². The first-order valence-corrected chi connectivity index (χ1v) is 8.45. The molecule has 2 nitrogen and oxygen atoms in total. The summed E-state index contributed by atoms with van der Waals surface area (Å²) in [5.74, 6) is 0.814. The topological polar surface area (TPSA) is 8.17 Å². The molecule has 116 valence electrons. The first-order valence-electron chi connectivity index (χ1n) is 8.07. The molecule has 2 unspecified atom stereocenters. The van der Waals surface area contributed by atoms with Crippen molar-refractivity contribution in [3.63, 3.8) is 0 Å². The highest BCUT2D eigenvalue weighted by atomic mass is 35.5. The normalized spacial score (nSPS) is 27.2. The summed E-state index contributed by atoms with van der Waals surface area (Å²) in [5.41, 5.74) is 6.82. The van der Waals surface area contributed by atoms with E-state index in [0.717, 1.165) is 10.9 Å². The summed E-state index contributed by atoms with van der Waals surface area (Å²) in [6.07, 6.45) is 1.32. The Bertz CT molecular complexity index is 742. The number of hydrogen-bond donors (Lipinski definition) is 0. The van der Waals surface area contributed by atoms with Gasteiger partial charge in [0.25, 0.3) is 0 Å². The second-order valence-corrected chi connectivity index (χ2v) is 7.71. The average molecular weight is 315 g/mol. The molecular formula is C19H23ClN2. The molecule has 4 rings (SSSR count). The Kier molecular flexibility index (Phi) is 3.02. The van der Waals surface area contributed by atoms with Crippen molar-refractivity contribution in [1.29, 1.82) is 0 Å². The smallest absolute Gasteiger partial charge is 0.0472 e. The monoisotopic (exact) mass is 314 g/mol. The quantitative estimate of drug-likeness (QED) is 0.804. The lowest BCUT2D eigenvalue weighted by Gasteiger charge is -2.22. The number of halogens is 1. The van der Waals surface area contributed by atoms with Crippen LogP contribution in [0, 0.1) is 26.7 Å². The van der Waals surface area contributed by atoms with Crippen LogP contribution in [0.15, 0.2) is 24.3 Å². The third kappa shape index (κ3) is 1.90. The molecule has 2 aromatic rings. The number of benzene rings is 1. The molecule has 0 spiro atoms. The van der Waals surface area contributed by atoms with Gasteiger partial charge < -0.3 is 9.47 Å². The molecule has 0 amide bonds. The van der Waals surface area contributed by atoms with Crippen molar-refractivity contribution >= 4 is 11.6 Å². The Morgan fingerprint density at radius 2 is 1.82 bits per heavy atom. The minimum absolute atomic E-state index is 0.355. The maximum Gasteiger partial charge on any atom is 0.0472 e. The van der Waals surface area contributed by atoms with Gasteiger partial charge in [0.2, 0.25) is 0 Å². The lowest BCUT2D eigenvalue weighted by atomic mass is 9.90. The maximum absolute atomic E-state index is 6.61. The zero-order chi connectivity index (χ0) is 15.6. The average Bonchev–Trinajstić information content (AvgIpc) is 2.86. The summed E-state index contributed by atoms with van der Waals surface area (Å²) >= 11 is 6.61. The fourth-order valence-electron chi connectivity index (χ4n) is 4.54. The van der Waals surface area contributed by atoms with E-state index in [9.17, 15) is 0 Å². The lowest BCUT2D eigenvalue weighted by Crippen LogP contribution is -2.23. The zero-order valence-corrected chi connectivity index (χ0v) is 14.5. The van der Waals surface area contributed by atoms with Crippen molar-refractivity contribution in [2.45, 2.75) is 32.6 Å². The number of hydrogen-bond acceptors (Lipinski definition) is 1. The van der Waals surface area contributed by atoms with Gasteiger partial charge in [-0.2, -0.15) is 0 Å². The molecule has 1 aliphatic carbocycles. The summed E-state index contributed by atoms with van der Waals surface area (Å²) in [4.78, 5) is 2.46. The summed E-state index contributed by atoms with van der Waals surface area (Å²) in [7, 11) is 2.23. The van der Waals surface area contributed by atoms with Crippen LogP contribution < -0.4 is 0 Å². The number of aryl methyl sites for hydroxylation is 2. The fourth-order valence-corrected chi connectivity index (χ4v) is 4.75. The number of nitrogens with zero attached hydrogens (tertiary/aromatic N) is 2. The summed E-state index contributed by atoms with van der Waals surface area (Å²) < 4.78 is 2.31. The van der Waals surface area contributed by atoms with Crippen LogP contribution in [0.4, 0.5) is 0 Å². The van der Waals surface area contributed by atoms with Crippen molar-refractivity contribution in [2.24, 2.45) is 5.92 Å². The molecule has 1 saturated carbocycles. The number of piperidine rings is 1. The maximum atomic E-state index is 6.61. The van der Waals surface area contributed by atoms with Gasteiger partial charge in [0, 0.05) is 40.6 Å². The molecular weight excluding hydrogens is 292 g/mol. The van der Waals surface area contributed by atoms with Gasteiger partial charge in [0.1, 0.15) is 0 Å². The molecule has 1 aliphatic heterocycles. The number of fused-ring (bicyclic) bond motifs is 1. The molecule has 2 heterocycles. The fraction of sp³-hybridized carbons (Fsp3) is 0.474. The van der Waals surface area contributed by atoms with E-state index in [1.807, 2.05) is 0 Å². The molecule has 0 N–H and O–H groups in total. The minimum atomic E-state index is 0.355. The van der Waals surface area contributed by atoms with Crippen LogP contribution in [0.5, 0.6) is 0 Å². The van der Waals surface area contributed by atoms with Gasteiger partial charge in [-0.25, -0.2) is 0 Å². The molecule has 1 aromatic carbocycles. The second-order valence-electron chi connectivity index (χ2n) is 7.31. The van der Waals surface area contributed by atoms with Crippen LogP contribution in [-0.2, 0) is 5.41 Å². The Morgan fingerprint density at radius 1 is 1.14 bits per heavy atom. The molecule has 2 fully saturated rings. The van der Waals surface area contributed by atoms with Crippen molar-refractivity contribution in [1.82, 2.24) is 9.47 Å². The standard InChI is InChI=1S/C19H23ClN2/c1-12-5-6-13(2)22(12)16-7-17(14(3)18(20)8-16)19-9-15(19)10-21(4)11-19/h5-8,15H,9-11H2,1-4H3. The Balaban J connectivity index is 1.87. The van der Waals surface area contributed by atoms with Crippen LogP contribution >= 0.6 is 11.6 Å². The highest BCUT2D eigenvalue weighted by molar-refractivity contribution is 6.31. The number of rotatable bonds is 2. The largest absolute Gasteiger partial charge is 0.318 e. The third-order valence-corrected chi connectivity index (χ3v) is 6.10. The van der Waals surface area contributed by atoms with E-state index >= 15 is 0 Å². The first kappa shape index (κ1) is 14.3. The van der Waals surface area contributed by atoms with Gasteiger partial charge in [-0.1, -0.05) is 11.6 Å². The summed E-state index contributed by atoms with van der Waals surface area (Å²) in [5, 5.41) is 0.898. The predicted molar refractivity (Wildman–Crippen MR) is 92.3 cm³/mol. The van der Waals surface area contributed by atoms with E-state index in [-0.39, 0.29) is 0 Å². The van der Waals surface area contributed by atoms with Crippen LogP contribution in [-0.4, -0.2) is 29.6 Å². The zero-order valence-electron chi connectivity index (χ0n) is 13.8. The lowest BCUT2D eigenvalue weighted by molar-refractivity contribution is 0.363. The second kappa shape index (κ2) is 4.62. The van der Waals surface area contributed by atoms with Crippen molar-refractivity contribution in [2.75, 3.05) is 20.1 Å². The van der Waals surface area contributed by atoms with E-state index in [0.29, 0.717) is 5.41 Å². The van der Waals surface area contributed by atoms with E-state index < -0.39 is 0 Å². The van der Waals surface area contributed by atoms with Gasteiger partial charge in [-0.05, 0) is 75.5 Å². The Morgan fingerprint density at radius 3 is 2.41 bits per heavy atom. The highest BCUT2D eigenvalue weighted by Crippen LogP contribution is 2.60. The van der Waals surface area contributed by atoms with Gasteiger partial charge in [0.05, 0.1) is 0 Å². The van der Waals surface area contributed by atoms with Gasteiger partial charge >= 0.3 is 0 Å². The molecule has 0 radical (unpaired) electrons. The van der Waals surface area contributed by atoms with Crippen molar-refractivity contribution in [3.05, 3.63) is 51.8 Å². The Hall–Kier alpha value is -1.25. The number of aromatic nitrogens is 1. The van der Waals surface area contributed by atoms with Crippen LogP contribution in [0.25, 0.3) is 5.69 Å². The summed E-state index contributed by atoms with van der Waals surface area (Å²) in [6.45, 7) is 8.88.